The number of benzene rings is 2. The van der Waals surface area contributed by atoms with Crippen LogP contribution in [-0.2, 0) is 0 Å². The molecule has 0 fully saturated rings. The number of phenolic OH excluding ortho intramolecular Hbond substituents is 1. The molecule has 1 amide bonds. The minimum absolute atomic E-state index is 0.0315. The number of amides is 1. The van der Waals surface area contributed by atoms with Crippen molar-refractivity contribution in [1.29, 1.82) is 0 Å². The molecule has 106 valence electrons. The molecule has 0 aliphatic rings. The molecular weight excluding hydrogens is 282 g/mol. The number of phenols is 1. The van der Waals surface area contributed by atoms with Gasteiger partial charge in [0, 0.05) is 10.3 Å². The fourth-order valence-corrected chi connectivity index (χ4v) is 3.06. The molecule has 0 spiro atoms. The number of hydrogen-bond donors (Lipinski definition) is 2. The fraction of sp³-hybridized carbons (Fsp3) is 0.118. The average molecular weight is 297 g/mol. The molecule has 3 rings (SSSR count). The van der Waals surface area contributed by atoms with Crippen molar-refractivity contribution in [1.82, 2.24) is 5.32 Å². The zero-order valence-electron chi connectivity index (χ0n) is 11.5. The second-order valence-corrected chi connectivity index (χ2v) is 5.87. The predicted molar refractivity (Wildman–Crippen MR) is 85.8 cm³/mol. The minimum Gasteiger partial charge on any atom is -0.506 e. The Bertz CT molecular complexity index is 781. The highest BCUT2D eigenvalue weighted by molar-refractivity contribution is 7.10. The summed E-state index contributed by atoms with van der Waals surface area (Å²) in [7, 11) is 0. The Labute approximate surface area is 126 Å². The number of nitrogens with one attached hydrogen (secondary N) is 1. The van der Waals surface area contributed by atoms with Crippen LogP contribution in [0.15, 0.2) is 53.9 Å². The Balaban J connectivity index is 1.90. The molecule has 3 nitrogen and oxygen atoms in total. The molecule has 1 atom stereocenters. The summed E-state index contributed by atoms with van der Waals surface area (Å²) in [6.07, 6.45) is 0. The minimum atomic E-state index is -0.265. The third-order valence-electron chi connectivity index (χ3n) is 3.46. The lowest BCUT2D eigenvalue weighted by atomic mass is 10.0. The van der Waals surface area contributed by atoms with E-state index in [0.29, 0.717) is 10.9 Å². The van der Waals surface area contributed by atoms with Crippen LogP contribution in [0.1, 0.15) is 28.2 Å². The lowest BCUT2D eigenvalue weighted by Crippen LogP contribution is -2.26. The monoisotopic (exact) mass is 297 g/mol. The molecule has 0 saturated carbocycles. The van der Waals surface area contributed by atoms with Gasteiger partial charge in [-0.15, -0.1) is 11.3 Å². The van der Waals surface area contributed by atoms with Gasteiger partial charge in [0.05, 0.1) is 11.6 Å². The summed E-state index contributed by atoms with van der Waals surface area (Å²) in [5, 5.41) is 16.8. The molecule has 2 aromatic carbocycles. The lowest BCUT2D eigenvalue weighted by Gasteiger charge is -2.13. The first-order valence-corrected chi connectivity index (χ1v) is 7.60. The molecule has 4 heteroatoms. The summed E-state index contributed by atoms with van der Waals surface area (Å²) in [4.78, 5) is 13.4. The van der Waals surface area contributed by atoms with E-state index >= 15 is 0 Å². The molecule has 3 aromatic rings. The Morgan fingerprint density at radius 3 is 2.71 bits per heavy atom. The number of thiophene rings is 1. The van der Waals surface area contributed by atoms with Gasteiger partial charge in [-0.3, -0.25) is 4.79 Å². The average Bonchev–Trinajstić information content (AvgIpc) is 3.02. The highest BCUT2D eigenvalue weighted by atomic mass is 32.1. The van der Waals surface area contributed by atoms with Gasteiger partial charge in [0.2, 0.25) is 0 Å². The van der Waals surface area contributed by atoms with E-state index in [1.165, 1.54) is 0 Å². The first kappa shape index (κ1) is 13.6. The van der Waals surface area contributed by atoms with Crippen molar-refractivity contribution >= 4 is 28.0 Å². The maximum Gasteiger partial charge on any atom is 0.255 e. The van der Waals surface area contributed by atoms with Gasteiger partial charge >= 0.3 is 0 Å². The molecule has 1 aromatic heterocycles. The van der Waals surface area contributed by atoms with E-state index in [9.17, 15) is 9.90 Å². The van der Waals surface area contributed by atoms with Crippen LogP contribution in [0.5, 0.6) is 5.75 Å². The van der Waals surface area contributed by atoms with Gasteiger partial charge in [-0.25, -0.2) is 0 Å². The number of carbonyl (C=O) groups is 1. The van der Waals surface area contributed by atoms with E-state index in [2.05, 4.69) is 5.32 Å². The van der Waals surface area contributed by atoms with Gasteiger partial charge in [0.25, 0.3) is 5.91 Å². The van der Waals surface area contributed by atoms with Crippen LogP contribution < -0.4 is 5.32 Å². The van der Waals surface area contributed by atoms with Crippen LogP contribution in [0.2, 0.25) is 0 Å². The van der Waals surface area contributed by atoms with Gasteiger partial charge in [0.1, 0.15) is 5.75 Å². The molecule has 0 radical (unpaired) electrons. The van der Waals surface area contributed by atoms with E-state index in [0.717, 1.165) is 10.3 Å². The Morgan fingerprint density at radius 2 is 1.95 bits per heavy atom. The smallest absolute Gasteiger partial charge is 0.255 e. The first-order chi connectivity index (χ1) is 10.2. The van der Waals surface area contributed by atoms with Gasteiger partial charge in [-0.05, 0) is 29.8 Å². The summed E-state index contributed by atoms with van der Waals surface area (Å²) in [6, 6.07) is 14.8. The quantitative estimate of drug-likeness (QED) is 0.764. The molecule has 0 aliphatic heterocycles. The van der Waals surface area contributed by atoms with E-state index in [1.807, 2.05) is 54.8 Å². The zero-order chi connectivity index (χ0) is 14.8. The summed E-state index contributed by atoms with van der Waals surface area (Å²) < 4.78 is 0. The van der Waals surface area contributed by atoms with Crippen LogP contribution >= 0.6 is 11.3 Å². The van der Waals surface area contributed by atoms with Gasteiger partial charge in [0.15, 0.2) is 0 Å². The van der Waals surface area contributed by atoms with Crippen molar-refractivity contribution in [3.8, 4) is 5.75 Å². The second kappa shape index (κ2) is 5.58. The molecule has 0 bridgehead atoms. The third kappa shape index (κ3) is 2.62. The van der Waals surface area contributed by atoms with Crippen LogP contribution in [0, 0.1) is 0 Å². The van der Waals surface area contributed by atoms with Gasteiger partial charge in [-0.2, -0.15) is 0 Å². The van der Waals surface area contributed by atoms with Crippen LogP contribution in [0.25, 0.3) is 10.8 Å². The predicted octanol–water partition coefficient (Wildman–Crippen LogP) is 4.10. The number of rotatable bonds is 3. The van der Waals surface area contributed by atoms with Crippen molar-refractivity contribution in [3.05, 3.63) is 64.4 Å². The van der Waals surface area contributed by atoms with Gasteiger partial charge < -0.3 is 10.4 Å². The molecule has 1 heterocycles. The summed E-state index contributed by atoms with van der Waals surface area (Å²) in [5.74, 6) is -0.233. The summed E-state index contributed by atoms with van der Waals surface area (Å²) in [5.41, 5.74) is 0.303. The number of aromatic hydroxyl groups is 1. The Kier molecular flexibility index (Phi) is 3.62. The number of fused-ring (bicyclic) bond motifs is 1. The summed E-state index contributed by atoms with van der Waals surface area (Å²) >= 11 is 1.60. The van der Waals surface area contributed by atoms with E-state index < -0.39 is 0 Å². The highest BCUT2D eigenvalue weighted by Gasteiger charge is 2.16. The molecule has 1 unspecified atom stereocenters. The first-order valence-electron chi connectivity index (χ1n) is 6.72. The largest absolute Gasteiger partial charge is 0.506 e. The maximum absolute atomic E-state index is 12.3. The molecule has 2 N–H and O–H groups in total. The second-order valence-electron chi connectivity index (χ2n) is 4.89. The number of carbonyl (C=O) groups excluding carboxylic acids is 1. The molecular formula is C17H15NO2S. The van der Waals surface area contributed by atoms with Crippen molar-refractivity contribution in [3.63, 3.8) is 0 Å². The van der Waals surface area contributed by atoms with Gasteiger partial charge in [-0.1, -0.05) is 36.4 Å². The van der Waals surface area contributed by atoms with Crippen molar-refractivity contribution in [2.45, 2.75) is 13.0 Å². The van der Waals surface area contributed by atoms with Crippen molar-refractivity contribution < 1.29 is 9.90 Å². The Morgan fingerprint density at radius 1 is 1.14 bits per heavy atom. The fourth-order valence-electron chi connectivity index (χ4n) is 2.32. The van der Waals surface area contributed by atoms with Crippen LogP contribution in [0.4, 0.5) is 0 Å². The Hall–Kier alpha value is -2.33. The standard InChI is InChI=1S/C17H15NO2S/c1-11(15-7-4-10-21-15)18-17(20)14-9-8-12-5-2-3-6-13(12)16(14)19/h2-11,19H,1H3,(H,18,20). The molecule has 21 heavy (non-hydrogen) atoms. The van der Waals surface area contributed by atoms with Crippen LogP contribution in [-0.4, -0.2) is 11.0 Å². The SMILES string of the molecule is CC(NC(=O)c1ccc2ccccc2c1O)c1cccs1. The third-order valence-corrected chi connectivity index (χ3v) is 4.52. The summed E-state index contributed by atoms with van der Waals surface area (Å²) in [6.45, 7) is 1.93. The normalized spacial score (nSPS) is 12.2. The van der Waals surface area contributed by atoms with E-state index in [1.54, 1.807) is 17.4 Å². The highest BCUT2D eigenvalue weighted by Crippen LogP contribution is 2.29. The topological polar surface area (TPSA) is 49.3 Å². The van der Waals surface area contributed by atoms with E-state index in [4.69, 9.17) is 0 Å². The molecule has 0 saturated heterocycles. The van der Waals surface area contributed by atoms with Crippen molar-refractivity contribution in [2.75, 3.05) is 0 Å². The van der Waals surface area contributed by atoms with E-state index in [-0.39, 0.29) is 17.7 Å². The number of hydrogen-bond acceptors (Lipinski definition) is 3. The maximum atomic E-state index is 12.3. The zero-order valence-corrected chi connectivity index (χ0v) is 12.4. The van der Waals surface area contributed by atoms with Crippen molar-refractivity contribution in [2.24, 2.45) is 0 Å². The lowest BCUT2D eigenvalue weighted by molar-refractivity contribution is 0.0938. The molecule has 0 aliphatic carbocycles. The van der Waals surface area contributed by atoms with Crippen LogP contribution in [0.3, 0.4) is 0 Å².